The Labute approximate surface area is 169 Å². The Balaban J connectivity index is 1.50. The lowest BCUT2D eigenvalue weighted by Crippen LogP contribution is -2.27. The van der Waals surface area contributed by atoms with Crippen LogP contribution in [0.4, 0.5) is 0 Å². The van der Waals surface area contributed by atoms with Gasteiger partial charge in [-0.1, -0.05) is 62.4 Å². The predicted molar refractivity (Wildman–Crippen MR) is 114 cm³/mol. The molecule has 0 unspecified atom stereocenters. The maximum absolute atomic E-state index is 12.7. The molecule has 5 nitrogen and oxygen atoms in total. The van der Waals surface area contributed by atoms with Crippen LogP contribution < -0.4 is 10.2 Å². The SMILES string of the molecule is Cc1ccc(C(C)C)c(OCC(=O)N/N=C2\C(=O)c3cccc4cccc2c34)c1. The van der Waals surface area contributed by atoms with Crippen LogP contribution in [0.1, 0.15) is 46.8 Å². The van der Waals surface area contributed by atoms with Crippen molar-refractivity contribution in [2.24, 2.45) is 5.10 Å². The molecule has 0 spiro atoms. The van der Waals surface area contributed by atoms with Gasteiger partial charge in [0.05, 0.1) is 0 Å². The molecule has 3 aromatic rings. The molecular formula is C24H22N2O3. The van der Waals surface area contributed by atoms with E-state index < -0.39 is 5.91 Å². The van der Waals surface area contributed by atoms with E-state index in [0.717, 1.165) is 27.5 Å². The quantitative estimate of drug-likeness (QED) is 0.662. The average Bonchev–Trinajstić information content (AvgIpc) is 2.98. The van der Waals surface area contributed by atoms with Gasteiger partial charge in [0, 0.05) is 16.5 Å². The zero-order valence-corrected chi connectivity index (χ0v) is 16.7. The molecule has 1 N–H and O–H groups in total. The lowest BCUT2D eigenvalue weighted by molar-refractivity contribution is -0.123. The number of ether oxygens (including phenoxy) is 1. The molecule has 0 aliphatic heterocycles. The molecule has 29 heavy (non-hydrogen) atoms. The number of Topliss-reactive ketones (excluding diaryl/α,β-unsaturated/α-hetero) is 1. The van der Waals surface area contributed by atoms with Gasteiger partial charge in [-0.3, -0.25) is 9.59 Å². The van der Waals surface area contributed by atoms with Crippen molar-refractivity contribution in [1.29, 1.82) is 0 Å². The molecule has 4 rings (SSSR count). The summed E-state index contributed by atoms with van der Waals surface area (Å²) in [4.78, 5) is 25.0. The summed E-state index contributed by atoms with van der Waals surface area (Å²) < 4.78 is 5.74. The van der Waals surface area contributed by atoms with E-state index in [2.05, 4.69) is 24.4 Å². The summed E-state index contributed by atoms with van der Waals surface area (Å²) in [5.41, 5.74) is 6.18. The largest absolute Gasteiger partial charge is 0.483 e. The molecule has 0 heterocycles. The third-order valence-corrected chi connectivity index (χ3v) is 5.06. The van der Waals surface area contributed by atoms with Crippen LogP contribution in [-0.2, 0) is 4.79 Å². The zero-order chi connectivity index (χ0) is 20.5. The van der Waals surface area contributed by atoms with E-state index in [4.69, 9.17) is 4.74 Å². The molecule has 3 aromatic carbocycles. The van der Waals surface area contributed by atoms with Gasteiger partial charge in [0.2, 0.25) is 5.78 Å². The van der Waals surface area contributed by atoms with Crippen molar-refractivity contribution in [2.75, 3.05) is 6.61 Å². The van der Waals surface area contributed by atoms with Gasteiger partial charge in [-0.05, 0) is 35.4 Å². The van der Waals surface area contributed by atoms with Crippen LogP contribution in [-0.4, -0.2) is 24.0 Å². The number of ketones is 1. The lowest BCUT2D eigenvalue weighted by Gasteiger charge is -2.14. The molecular weight excluding hydrogens is 364 g/mol. The maximum atomic E-state index is 12.7. The van der Waals surface area contributed by atoms with Gasteiger partial charge in [-0.2, -0.15) is 5.10 Å². The first-order valence-electron chi connectivity index (χ1n) is 9.62. The number of hydrogen-bond acceptors (Lipinski definition) is 4. The number of carbonyl (C=O) groups is 2. The Morgan fingerprint density at radius 1 is 1.07 bits per heavy atom. The number of carbonyl (C=O) groups excluding carboxylic acids is 2. The number of amides is 1. The number of nitrogens with zero attached hydrogens (tertiary/aromatic N) is 1. The van der Waals surface area contributed by atoms with Gasteiger partial charge in [-0.15, -0.1) is 0 Å². The fourth-order valence-corrected chi connectivity index (χ4v) is 3.63. The number of hydrazone groups is 1. The van der Waals surface area contributed by atoms with Gasteiger partial charge < -0.3 is 4.74 Å². The van der Waals surface area contributed by atoms with Crippen molar-refractivity contribution in [2.45, 2.75) is 26.7 Å². The van der Waals surface area contributed by atoms with E-state index in [1.165, 1.54) is 0 Å². The third-order valence-electron chi connectivity index (χ3n) is 5.06. The summed E-state index contributed by atoms with van der Waals surface area (Å²) in [5.74, 6) is 0.379. The van der Waals surface area contributed by atoms with Crippen LogP contribution in [0.15, 0.2) is 59.7 Å². The van der Waals surface area contributed by atoms with Gasteiger partial charge in [0.1, 0.15) is 11.5 Å². The molecule has 1 amide bonds. The van der Waals surface area contributed by atoms with Crippen molar-refractivity contribution in [3.63, 3.8) is 0 Å². The first-order valence-corrected chi connectivity index (χ1v) is 9.62. The maximum Gasteiger partial charge on any atom is 0.277 e. The highest BCUT2D eigenvalue weighted by Gasteiger charge is 2.28. The summed E-state index contributed by atoms with van der Waals surface area (Å²) in [7, 11) is 0. The van der Waals surface area contributed by atoms with E-state index in [1.807, 2.05) is 55.5 Å². The Bertz CT molecular complexity index is 1160. The van der Waals surface area contributed by atoms with Crippen LogP contribution in [0, 0.1) is 6.92 Å². The van der Waals surface area contributed by atoms with Crippen LogP contribution >= 0.6 is 0 Å². The molecule has 146 valence electrons. The second kappa shape index (κ2) is 7.51. The minimum atomic E-state index is -0.412. The van der Waals surface area contributed by atoms with E-state index in [1.54, 1.807) is 6.07 Å². The van der Waals surface area contributed by atoms with Gasteiger partial charge in [0.25, 0.3) is 5.91 Å². The highest BCUT2D eigenvalue weighted by Crippen LogP contribution is 2.31. The van der Waals surface area contributed by atoms with Crippen LogP contribution in [0.3, 0.4) is 0 Å². The second-order valence-corrected chi connectivity index (χ2v) is 7.52. The highest BCUT2D eigenvalue weighted by molar-refractivity contribution is 6.59. The van der Waals surface area contributed by atoms with Crippen molar-refractivity contribution < 1.29 is 14.3 Å². The second-order valence-electron chi connectivity index (χ2n) is 7.52. The van der Waals surface area contributed by atoms with Crippen molar-refractivity contribution in [3.8, 4) is 5.75 Å². The number of hydrogen-bond donors (Lipinski definition) is 1. The third kappa shape index (κ3) is 3.51. The fourth-order valence-electron chi connectivity index (χ4n) is 3.63. The Kier molecular flexibility index (Phi) is 4.89. The molecule has 0 aromatic heterocycles. The van der Waals surface area contributed by atoms with Crippen LogP contribution in [0.5, 0.6) is 5.75 Å². The van der Waals surface area contributed by atoms with Gasteiger partial charge >= 0.3 is 0 Å². The normalized spacial score (nSPS) is 14.1. The summed E-state index contributed by atoms with van der Waals surface area (Å²) in [6.45, 7) is 5.96. The summed E-state index contributed by atoms with van der Waals surface area (Å²) >= 11 is 0. The molecule has 0 radical (unpaired) electrons. The number of nitrogens with one attached hydrogen (secondary N) is 1. The Morgan fingerprint density at radius 3 is 2.52 bits per heavy atom. The highest BCUT2D eigenvalue weighted by atomic mass is 16.5. The molecule has 0 atom stereocenters. The predicted octanol–water partition coefficient (Wildman–Crippen LogP) is 4.37. The van der Waals surface area contributed by atoms with Crippen LogP contribution in [0.2, 0.25) is 0 Å². The molecule has 0 saturated heterocycles. The summed E-state index contributed by atoms with van der Waals surface area (Å²) in [6.07, 6.45) is 0. The minimum Gasteiger partial charge on any atom is -0.483 e. The van der Waals surface area contributed by atoms with Gasteiger partial charge in [-0.25, -0.2) is 5.43 Å². The monoisotopic (exact) mass is 386 g/mol. The van der Waals surface area contributed by atoms with Crippen molar-refractivity contribution in [1.82, 2.24) is 5.43 Å². The first-order chi connectivity index (χ1) is 14.0. The molecule has 5 heteroatoms. The summed E-state index contributed by atoms with van der Waals surface area (Å²) in [5, 5.41) is 5.98. The molecule has 0 bridgehead atoms. The fraction of sp³-hybridized carbons (Fsp3) is 0.208. The first kappa shape index (κ1) is 18.9. The van der Waals surface area contributed by atoms with E-state index >= 15 is 0 Å². The minimum absolute atomic E-state index is 0.175. The van der Waals surface area contributed by atoms with Crippen molar-refractivity contribution >= 4 is 28.2 Å². The Morgan fingerprint density at radius 2 is 1.79 bits per heavy atom. The number of aryl methyl sites for hydroxylation is 1. The molecule has 1 aliphatic carbocycles. The molecule has 0 saturated carbocycles. The zero-order valence-electron chi connectivity index (χ0n) is 16.7. The smallest absolute Gasteiger partial charge is 0.277 e. The average molecular weight is 386 g/mol. The van der Waals surface area contributed by atoms with Gasteiger partial charge in [0.15, 0.2) is 6.61 Å². The van der Waals surface area contributed by atoms with Crippen LogP contribution in [0.25, 0.3) is 10.8 Å². The van der Waals surface area contributed by atoms with E-state index in [9.17, 15) is 9.59 Å². The topological polar surface area (TPSA) is 67.8 Å². The number of rotatable bonds is 5. The van der Waals surface area contributed by atoms with Crippen molar-refractivity contribution in [3.05, 3.63) is 76.9 Å². The molecule has 1 aliphatic rings. The Hall–Kier alpha value is -3.47. The van der Waals surface area contributed by atoms with E-state index in [0.29, 0.717) is 11.3 Å². The van der Waals surface area contributed by atoms with E-state index in [-0.39, 0.29) is 24.0 Å². The lowest BCUT2D eigenvalue weighted by atomic mass is 10.0. The summed E-state index contributed by atoms with van der Waals surface area (Å²) in [6, 6.07) is 17.2. The standard InChI is InChI=1S/C24H22N2O3/c1-14(2)17-11-10-15(3)12-20(17)29-13-21(27)25-26-23-18-8-4-6-16-7-5-9-19(22(16)18)24(23)28/h4-12,14H,13H2,1-3H3,(H,25,27)/b26-23-. The number of benzene rings is 3. The molecule has 0 fully saturated rings.